The van der Waals surface area contributed by atoms with Crippen LogP contribution < -0.4 is 15.1 Å². The zero-order chi connectivity index (χ0) is 32.9. The molecule has 0 aliphatic heterocycles. The number of imidazole rings is 1. The fourth-order valence-corrected chi connectivity index (χ4v) is 4.42. The van der Waals surface area contributed by atoms with Gasteiger partial charge < -0.3 is 9.47 Å². The van der Waals surface area contributed by atoms with Crippen molar-refractivity contribution < 1.29 is 49.0 Å². The number of fused-ring (bicyclic) bond motifs is 1. The Bertz CT molecular complexity index is 1920. The first-order valence-corrected chi connectivity index (χ1v) is 12.4. The van der Waals surface area contributed by atoms with Gasteiger partial charge in [-0.15, -0.1) is 0 Å². The Balaban J connectivity index is 1.62. The molecule has 0 bridgehead atoms. The molecule has 238 valence electrons. The van der Waals surface area contributed by atoms with E-state index in [1.54, 1.807) is 0 Å². The van der Waals surface area contributed by atoms with E-state index in [9.17, 15) is 39.5 Å². The van der Waals surface area contributed by atoms with Crippen molar-refractivity contribution in [3.05, 3.63) is 65.4 Å². The topological polar surface area (TPSA) is 122 Å². The lowest BCUT2D eigenvalue weighted by atomic mass is 10.2. The van der Waals surface area contributed by atoms with Gasteiger partial charge in [0.2, 0.25) is 17.4 Å². The van der Waals surface area contributed by atoms with Gasteiger partial charge in [-0.1, -0.05) is 12.1 Å². The van der Waals surface area contributed by atoms with Crippen LogP contribution in [0.5, 0.6) is 11.8 Å². The molecule has 0 radical (unpaired) electrons. The maximum atomic E-state index is 13.8. The van der Waals surface area contributed by atoms with Crippen molar-refractivity contribution in [3.8, 4) is 28.8 Å². The molecule has 0 fully saturated rings. The molecule has 4 heterocycles. The Morgan fingerprint density at radius 3 is 2.11 bits per heavy atom. The molecule has 0 spiro atoms. The van der Waals surface area contributed by atoms with E-state index in [0.29, 0.717) is 22.5 Å². The summed E-state index contributed by atoms with van der Waals surface area (Å²) < 4.78 is 134. The number of rotatable bonds is 7. The van der Waals surface area contributed by atoms with E-state index in [4.69, 9.17) is 14.9 Å². The first-order valence-electron chi connectivity index (χ1n) is 12.4. The Kier molecular flexibility index (Phi) is 7.69. The lowest BCUT2D eigenvalue weighted by molar-refractivity contribution is -0.142. The molecule has 0 saturated carbocycles. The van der Waals surface area contributed by atoms with Crippen molar-refractivity contribution in [1.82, 2.24) is 38.9 Å². The predicted octanol–water partition coefficient (Wildman–Crippen LogP) is 5.02. The highest BCUT2D eigenvalue weighted by atomic mass is 19.4. The average Bonchev–Trinajstić information content (AvgIpc) is 3.52. The number of halogens is 9. The Morgan fingerprint density at radius 2 is 1.53 bits per heavy atom. The van der Waals surface area contributed by atoms with Crippen LogP contribution in [0.1, 0.15) is 17.0 Å². The fourth-order valence-electron chi connectivity index (χ4n) is 4.42. The van der Waals surface area contributed by atoms with Gasteiger partial charge in [0.15, 0.2) is 22.9 Å². The third kappa shape index (κ3) is 6.11. The summed E-state index contributed by atoms with van der Waals surface area (Å²) in [6, 6.07) is 6.21. The summed E-state index contributed by atoms with van der Waals surface area (Å²) in [5, 5.41) is 12.0. The summed E-state index contributed by atoms with van der Waals surface area (Å²) in [4.78, 5) is 14.9. The third-order valence-electron chi connectivity index (χ3n) is 6.34. The van der Waals surface area contributed by atoms with Gasteiger partial charge in [-0.3, -0.25) is 14.5 Å². The van der Waals surface area contributed by atoms with Crippen molar-refractivity contribution in [2.75, 3.05) is 14.2 Å². The molecule has 0 unspecified atom stereocenters. The molecular weight excluding hydrogens is 629 g/mol. The van der Waals surface area contributed by atoms with Gasteiger partial charge in [-0.2, -0.15) is 44.6 Å². The largest absolute Gasteiger partial charge is 0.481 e. The molecule has 0 atom stereocenters. The number of aromatic nitrogens is 8. The van der Waals surface area contributed by atoms with Crippen molar-refractivity contribution in [1.29, 1.82) is 5.41 Å². The summed E-state index contributed by atoms with van der Waals surface area (Å²) >= 11 is 0. The van der Waals surface area contributed by atoms with Crippen LogP contribution in [0, 0.1) is 5.41 Å². The standard InChI is InChI=1S/C25H18F9N9O2/c1-44-16-7-15(24(29,30)31)40-43(16)13-5-3-12(4-6-13)9-41-20-14(42(22(41)35)10-23(26,27)28)8-36-19(39-20)17-18(25(32,33)34)37-11-38-21(17)45-2/h3-8,11,35H,9-10H2,1-2H3. The van der Waals surface area contributed by atoms with Gasteiger partial charge in [0, 0.05) is 6.07 Å². The molecule has 1 aromatic carbocycles. The summed E-state index contributed by atoms with van der Waals surface area (Å²) in [6.45, 7) is -1.96. The quantitative estimate of drug-likeness (QED) is 0.246. The third-order valence-corrected chi connectivity index (χ3v) is 6.34. The van der Waals surface area contributed by atoms with Crippen LogP contribution in [0.3, 0.4) is 0 Å². The van der Waals surface area contributed by atoms with Gasteiger partial charge in [0.05, 0.1) is 32.6 Å². The maximum Gasteiger partial charge on any atom is 0.435 e. The van der Waals surface area contributed by atoms with Crippen LogP contribution in [0.4, 0.5) is 39.5 Å². The Morgan fingerprint density at radius 1 is 0.844 bits per heavy atom. The lowest BCUT2D eigenvalue weighted by Crippen LogP contribution is -2.30. The second kappa shape index (κ2) is 11.1. The molecule has 0 amide bonds. The van der Waals surface area contributed by atoms with Gasteiger partial charge >= 0.3 is 18.5 Å². The molecule has 0 aliphatic rings. The molecule has 11 nitrogen and oxygen atoms in total. The van der Waals surface area contributed by atoms with Crippen molar-refractivity contribution >= 4 is 11.2 Å². The molecule has 0 saturated heterocycles. The number of hydrogen-bond donors (Lipinski definition) is 1. The molecule has 1 N–H and O–H groups in total. The molecule has 20 heteroatoms. The molecule has 5 aromatic rings. The number of nitrogens with zero attached hydrogens (tertiary/aromatic N) is 8. The van der Waals surface area contributed by atoms with Crippen molar-refractivity contribution in [2.45, 2.75) is 31.6 Å². The van der Waals surface area contributed by atoms with Crippen LogP contribution in [0.25, 0.3) is 28.2 Å². The predicted molar refractivity (Wildman–Crippen MR) is 134 cm³/mol. The van der Waals surface area contributed by atoms with E-state index < -0.39 is 59.3 Å². The van der Waals surface area contributed by atoms with E-state index >= 15 is 0 Å². The summed E-state index contributed by atoms with van der Waals surface area (Å²) in [7, 11) is 2.19. The first kappa shape index (κ1) is 31.3. The van der Waals surface area contributed by atoms with Crippen molar-refractivity contribution in [2.24, 2.45) is 0 Å². The fraction of sp³-hybridized carbons (Fsp3) is 0.280. The minimum absolute atomic E-state index is 0.141. The zero-order valence-corrected chi connectivity index (χ0v) is 22.8. The van der Waals surface area contributed by atoms with Gasteiger partial charge in [-0.05, 0) is 17.7 Å². The minimum atomic E-state index is -5.01. The Hall–Kier alpha value is -5.17. The molecule has 4 aromatic heterocycles. The van der Waals surface area contributed by atoms with E-state index in [2.05, 4.69) is 25.0 Å². The van der Waals surface area contributed by atoms with Gasteiger partial charge in [0.25, 0.3) is 0 Å². The van der Waals surface area contributed by atoms with E-state index in [1.807, 2.05) is 0 Å². The van der Waals surface area contributed by atoms with Crippen LogP contribution in [-0.4, -0.2) is 59.2 Å². The Labute approximate surface area is 245 Å². The summed E-state index contributed by atoms with van der Waals surface area (Å²) in [5.74, 6) is -1.41. The second-order valence-electron chi connectivity index (χ2n) is 9.27. The van der Waals surface area contributed by atoms with Crippen LogP contribution in [-0.2, 0) is 25.4 Å². The summed E-state index contributed by atoms with van der Waals surface area (Å²) in [5.41, 5.74) is -4.33. The number of methoxy groups -OCH3 is 2. The number of nitrogens with one attached hydrogen (secondary N) is 1. The number of alkyl halides is 9. The minimum Gasteiger partial charge on any atom is -0.481 e. The number of hydrogen-bond acceptors (Lipinski definition) is 8. The summed E-state index contributed by atoms with van der Waals surface area (Å²) in [6.07, 6.45) is -13.1. The first-order chi connectivity index (χ1) is 21.0. The van der Waals surface area contributed by atoms with Crippen LogP contribution in [0.2, 0.25) is 0 Å². The average molecular weight is 647 g/mol. The van der Waals surface area contributed by atoms with E-state index in [-0.39, 0.29) is 29.3 Å². The monoisotopic (exact) mass is 647 g/mol. The van der Waals surface area contributed by atoms with Gasteiger partial charge in [0.1, 0.15) is 24.0 Å². The normalized spacial score (nSPS) is 12.6. The molecule has 5 rings (SSSR count). The van der Waals surface area contributed by atoms with Crippen molar-refractivity contribution in [3.63, 3.8) is 0 Å². The highest BCUT2D eigenvalue weighted by Crippen LogP contribution is 2.38. The highest BCUT2D eigenvalue weighted by molar-refractivity contribution is 5.75. The smallest absolute Gasteiger partial charge is 0.435 e. The van der Waals surface area contributed by atoms with Crippen LogP contribution >= 0.6 is 0 Å². The lowest BCUT2D eigenvalue weighted by Gasteiger charge is -2.13. The molecule has 0 aliphatic carbocycles. The molecular formula is C25H18F9N9O2. The van der Waals surface area contributed by atoms with Gasteiger partial charge in [-0.25, -0.2) is 24.6 Å². The SMILES string of the molecule is COc1ncnc(C(F)(F)F)c1-c1ncc2c(n1)n(Cc1ccc(-n3nc(C(F)(F)F)cc3OC)cc1)c(=N)n2CC(F)(F)F. The highest BCUT2D eigenvalue weighted by Gasteiger charge is 2.39. The van der Waals surface area contributed by atoms with E-state index in [0.717, 1.165) is 29.7 Å². The second-order valence-corrected chi connectivity index (χ2v) is 9.27. The van der Waals surface area contributed by atoms with Crippen LogP contribution in [0.15, 0.2) is 42.9 Å². The molecule has 45 heavy (non-hydrogen) atoms. The zero-order valence-electron chi connectivity index (χ0n) is 22.8. The maximum absolute atomic E-state index is 13.8. The number of benzene rings is 1. The van der Waals surface area contributed by atoms with E-state index in [1.165, 1.54) is 24.3 Å². The number of ether oxygens (including phenoxy) is 2.